The molecule has 0 radical (unpaired) electrons. The molecule has 1 aliphatic rings. The van der Waals surface area contributed by atoms with Gasteiger partial charge < -0.3 is 14.8 Å². The summed E-state index contributed by atoms with van der Waals surface area (Å²) in [5.74, 6) is 0.700. The van der Waals surface area contributed by atoms with E-state index < -0.39 is 6.10 Å². The molecule has 0 spiro atoms. The first kappa shape index (κ1) is 15.8. The van der Waals surface area contributed by atoms with E-state index in [2.05, 4.69) is 5.32 Å². The van der Waals surface area contributed by atoms with Gasteiger partial charge in [0.15, 0.2) is 0 Å². The monoisotopic (exact) mass is 336 g/mol. The number of furan rings is 1. The maximum Gasteiger partial charge on any atom is 0.252 e. The number of hydrogen-bond donors (Lipinski definition) is 2. The minimum absolute atomic E-state index is 0.0980. The molecule has 1 saturated carbocycles. The molecule has 1 atom stereocenters. The molecule has 1 aromatic carbocycles. The number of aliphatic hydroxyl groups is 1. The van der Waals surface area contributed by atoms with Crippen LogP contribution in [-0.4, -0.2) is 22.5 Å². The molecule has 0 aliphatic heterocycles. The maximum absolute atomic E-state index is 12.8. The van der Waals surface area contributed by atoms with E-state index >= 15 is 0 Å². The van der Waals surface area contributed by atoms with Gasteiger partial charge in [0.05, 0.1) is 23.9 Å². The van der Waals surface area contributed by atoms with Crippen molar-refractivity contribution in [1.29, 1.82) is 0 Å². The molecule has 1 unspecified atom stereocenters. The van der Waals surface area contributed by atoms with Gasteiger partial charge in [-0.1, -0.05) is 11.6 Å². The van der Waals surface area contributed by atoms with Crippen molar-refractivity contribution in [2.24, 2.45) is 0 Å². The standard InChI is InChI=1S/C20H20N2O3/c1-12-4-7-16-14(9-12)15(10-17(22-16)13-5-6-13)20(24)21-11-18(23)19-3-2-8-25-19/h2-4,7-10,13,18,23H,5-6,11H2,1H3,(H,21,24). The van der Waals surface area contributed by atoms with Gasteiger partial charge in [-0.25, -0.2) is 0 Å². The molecule has 5 heteroatoms. The van der Waals surface area contributed by atoms with Gasteiger partial charge >= 0.3 is 0 Å². The van der Waals surface area contributed by atoms with E-state index in [1.165, 1.54) is 6.26 Å². The zero-order valence-corrected chi connectivity index (χ0v) is 14.0. The van der Waals surface area contributed by atoms with Gasteiger partial charge in [-0.15, -0.1) is 0 Å². The Kier molecular flexibility index (Phi) is 4.01. The zero-order chi connectivity index (χ0) is 17.4. The summed E-state index contributed by atoms with van der Waals surface area (Å²) >= 11 is 0. The summed E-state index contributed by atoms with van der Waals surface area (Å²) in [7, 11) is 0. The molecule has 4 rings (SSSR count). The average Bonchev–Trinajstić information content (AvgIpc) is 3.32. The molecule has 2 N–H and O–H groups in total. The van der Waals surface area contributed by atoms with Crippen molar-refractivity contribution in [2.75, 3.05) is 6.54 Å². The number of fused-ring (bicyclic) bond motifs is 1. The van der Waals surface area contributed by atoms with Gasteiger partial charge in [-0.2, -0.15) is 0 Å². The highest BCUT2D eigenvalue weighted by molar-refractivity contribution is 6.06. The van der Waals surface area contributed by atoms with E-state index in [0.29, 0.717) is 17.2 Å². The Morgan fingerprint density at radius 2 is 2.20 bits per heavy atom. The summed E-state index contributed by atoms with van der Waals surface area (Å²) in [5, 5.41) is 13.7. The highest BCUT2D eigenvalue weighted by Gasteiger charge is 2.27. The lowest BCUT2D eigenvalue weighted by Crippen LogP contribution is -2.28. The number of carbonyl (C=O) groups excluding carboxylic acids is 1. The van der Waals surface area contributed by atoms with Crippen molar-refractivity contribution in [3.8, 4) is 0 Å². The molecule has 3 aromatic rings. The van der Waals surface area contributed by atoms with Crippen molar-refractivity contribution < 1.29 is 14.3 Å². The second-order valence-electron chi connectivity index (χ2n) is 6.63. The Hall–Kier alpha value is -2.66. The number of carbonyl (C=O) groups is 1. The van der Waals surface area contributed by atoms with Crippen LogP contribution in [0.25, 0.3) is 10.9 Å². The Morgan fingerprint density at radius 3 is 2.92 bits per heavy atom. The normalized spacial score (nSPS) is 15.3. The van der Waals surface area contributed by atoms with Crippen LogP contribution in [0.2, 0.25) is 0 Å². The van der Waals surface area contributed by atoms with Gasteiger partial charge in [0, 0.05) is 17.0 Å². The zero-order valence-electron chi connectivity index (χ0n) is 14.0. The SMILES string of the molecule is Cc1ccc2nc(C3CC3)cc(C(=O)NCC(O)c3ccco3)c2c1. The number of nitrogens with zero attached hydrogens (tertiary/aromatic N) is 1. The first-order chi connectivity index (χ1) is 12.1. The minimum atomic E-state index is -0.864. The fraction of sp³-hybridized carbons (Fsp3) is 0.300. The quantitative estimate of drug-likeness (QED) is 0.748. The summed E-state index contributed by atoms with van der Waals surface area (Å²) in [5.41, 5.74) is 3.51. The fourth-order valence-electron chi connectivity index (χ4n) is 3.00. The van der Waals surface area contributed by atoms with Crippen LogP contribution < -0.4 is 5.32 Å². The van der Waals surface area contributed by atoms with Crippen molar-refractivity contribution >= 4 is 16.8 Å². The number of pyridine rings is 1. The lowest BCUT2D eigenvalue weighted by atomic mass is 10.0. The maximum atomic E-state index is 12.8. The highest BCUT2D eigenvalue weighted by atomic mass is 16.4. The number of hydrogen-bond acceptors (Lipinski definition) is 4. The van der Waals surface area contributed by atoms with Gasteiger partial charge in [-0.05, 0) is 50.1 Å². The molecule has 1 amide bonds. The number of nitrogens with one attached hydrogen (secondary N) is 1. The molecule has 25 heavy (non-hydrogen) atoms. The van der Waals surface area contributed by atoms with E-state index in [1.807, 2.05) is 31.2 Å². The van der Waals surface area contributed by atoms with Crippen molar-refractivity contribution in [2.45, 2.75) is 31.8 Å². The lowest BCUT2D eigenvalue weighted by Gasteiger charge is -2.13. The van der Waals surface area contributed by atoms with Crippen LogP contribution in [0.4, 0.5) is 0 Å². The van der Waals surface area contributed by atoms with Crippen LogP contribution in [-0.2, 0) is 0 Å². The van der Waals surface area contributed by atoms with Crippen LogP contribution in [0.5, 0.6) is 0 Å². The third-order valence-corrected chi connectivity index (χ3v) is 4.55. The Morgan fingerprint density at radius 1 is 1.36 bits per heavy atom. The second-order valence-corrected chi connectivity index (χ2v) is 6.63. The van der Waals surface area contributed by atoms with Crippen molar-refractivity contribution in [1.82, 2.24) is 10.3 Å². The van der Waals surface area contributed by atoms with Gasteiger partial charge in [0.25, 0.3) is 5.91 Å². The molecule has 128 valence electrons. The number of aliphatic hydroxyl groups excluding tert-OH is 1. The Labute approximate surface area is 145 Å². The van der Waals surface area contributed by atoms with Gasteiger partial charge in [-0.3, -0.25) is 9.78 Å². The van der Waals surface area contributed by atoms with Gasteiger partial charge in [0.1, 0.15) is 11.9 Å². The van der Waals surface area contributed by atoms with E-state index in [0.717, 1.165) is 35.0 Å². The number of amides is 1. The number of aryl methyl sites for hydroxylation is 1. The number of rotatable bonds is 5. The average molecular weight is 336 g/mol. The molecule has 0 bridgehead atoms. The molecule has 5 nitrogen and oxygen atoms in total. The number of aromatic nitrogens is 1. The van der Waals surface area contributed by atoms with Crippen LogP contribution in [0.15, 0.2) is 47.1 Å². The van der Waals surface area contributed by atoms with Crippen LogP contribution in [0.3, 0.4) is 0 Å². The van der Waals surface area contributed by atoms with Crippen LogP contribution in [0.1, 0.15) is 52.2 Å². The molecule has 2 heterocycles. The van der Waals surface area contributed by atoms with E-state index in [4.69, 9.17) is 9.40 Å². The summed E-state index contributed by atoms with van der Waals surface area (Å²) in [6, 6.07) is 11.2. The van der Waals surface area contributed by atoms with E-state index in [9.17, 15) is 9.90 Å². The Balaban J connectivity index is 1.62. The molecule has 1 fully saturated rings. The van der Waals surface area contributed by atoms with Crippen LogP contribution >= 0.6 is 0 Å². The molecule has 2 aromatic heterocycles. The largest absolute Gasteiger partial charge is 0.467 e. The van der Waals surface area contributed by atoms with Gasteiger partial charge in [0.2, 0.25) is 0 Å². The predicted octanol–water partition coefficient (Wildman–Crippen LogP) is 3.48. The molecular formula is C20H20N2O3. The van der Waals surface area contributed by atoms with Crippen molar-refractivity contribution in [3.05, 3.63) is 65.2 Å². The van der Waals surface area contributed by atoms with Crippen molar-refractivity contribution in [3.63, 3.8) is 0 Å². The lowest BCUT2D eigenvalue weighted by molar-refractivity contribution is 0.0902. The van der Waals surface area contributed by atoms with E-state index in [1.54, 1.807) is 12.1 Å². The summed E-state index contributed by atoms with van der Waals surface area (Å²) in [4.78, 5) is 17.5. The van der Waals surface area contributed by atoms with Crippen LogP contribution in [0, 0.1) is 6.92 Å². The predicted molar refractivity (Wildman–Crippen MR) is 94.5 cm³/mol. The number of benzene rings is 1. The summed E-state index contributed by atoms with van der Waals surface area (Å²) in [6.45, 7) is 2.09. The summed E-state index contributed by atoms with van der Waals surface area (Å²) < 4.78 is 5.17. The topological polar surface area (TPSA) is 75.4 Å². The minimum Gasteiger partial charge on any atom is -0.467 e. The second kappa shape index (κ2) is 6.33. The Bertz CT molecular complexity index is 914. The smallest absolute Gasteiger partial charge is 0.252 e. The molecule has 1 aliphatic carbocycles. The van der Waals surface area contributed by atoms with E-state index in [-0.39, 0.29) is 12.5 Å². The first-order valence-corrected chi connectivity index (χ1v) is 8.53. The molecule has 0 saturated heterocycles. The fourth-order valence-corrected chi connectivity index (χ4v) is 3.00. The third-order valence-electron chi connectivity index (χ3n) is 4.55. The first-order valence-electron chi connectivity index (χ1n) is 8.53. The highest BCUT2D eigenvalue weighted by Crippen LogP contribution is 2.40. The molecular weight excluding hydrogens is 316 g/mol. The third kappa shape index (κ3) is 3.28. The summed E-state index contributed by atoms with van der Waals surface area (Å²) in [6.07, 6.45) is 2.89.